The highest BCUT2D eigenvalue weighted by Crippen LogP contribution is 2.17. The first-order valence-electron chi connectivity index (χ1n) is 4.19. The topological polar surface area (TPSA) is 68.8 Å². The second-order valence-electron chi connectivity index (χ2n) is 3.15. The molecule has 0 amide bonds. The molecular formula is C8H11N5O. The molecule has 0 aliphatic rings. The van der Waals surface area contributed by atoms with Crippen LogP contribution in [0.5, 0.6) is 0 Å². The molecule has 1 N–H and O–H groups in total. The summed E-state index contributed by atoms with van der Waals surface area (Å²) in [7, 11) is 3.59. The largest absolute Gasteiger partial charge is 0.380 e. The van der Waals surface area contributed by atoms with E-state index in [1.807, 2.05) is 0 Å². The van der Waals surface area contributed by atoms with Crippen LogP contribution >= 0.6 is 0 Å². The zero-order chi connectivity index (χ0) is 10.1. The third kappa shape index (κ3) is 1.39. The molecule has 0 spiro atoms. The Bertz CT molecular complexity index is 432. The van der Waals surface area contributed by atoms with Crippen LogP contribution < -0.4 is 0 Å². The van der Waals surface area contributed by atoms with Gasteiger partial charge in [0.1, 0.15) is 12.4 Å². The highest BCUT2D eigenvalue weighted by molar-refractivity contribution is 5.15. The Morgan fingerprint density at radius 2 is 2.21 bits per heavy atom. The second-order valence-corrected chi connectivity index (χ2v) is 3.15. The van der Waals surface area contributed by atoms with Gasteiger partial charge in [0.2, 0.25) is 0 Å². The van der Waals surface area contributed by atoms with Gasteiger partial charge in [-0.3, -0.25) is 4.68 Å². The van der Waals surface area contributed by atoms with Crippen molar-refractivity contribution in [3.63, 3.8) is 0 Å². The van der Waals surface area contributed by atoms with E-state index in [1.165, 1.54) is 0 Å². The lowest BCUT2D eigenvalue weighted by molar-refractivity contribution is 0.205. The first-order valence-corrected chi connectivity index (χ1v) is 4.19. The van der Waals surface area contributed by atoms with E-state index in [9.17, 15) is 5.11 Å². The lowest BCUT2D eigenvalue weighted by atomic mass is 10.2. The predicted octanol–water partition coefficient (Wildman–Crippen LogP) is -0.370. The maximum atomic E-state index is 9.90. The Labute approximate surface area is 80.8 Å². The van der Waals surface area contributed by atoms with Gasteiger partial charge >= 0.3 is 0 Å². The minimum Gasteiger partial charge on any atom is -0.380 e. The summed E-state index contributed by atoms with van der Waals surface area (Å²) < 4.78 is 3.31. The molecule has 2 rings (SSSR count). The van der Waals surface area contributed by atoms with Crippen molar-refractivity contribution in [2.45, 2.75) is 6.10 Å². The van der Waals surface area contributed by atoms with Crippen molar-refractivity contribution >= 4 is 0 Å². The van der Waals surface area contributed by atoms with Crippen molar-refractivity contribution in [1.82, 2.24) is 24.5 Å². The van der Waals surface area contributed by atoms with Gasteiger partial charge in [-0.05, 0) is 0 Å². The number of aryl methyl sites for hydroxylation is 2. The van der Waals surface area contributed by atoms with Crippen LogP contribution in [0.4, 0.5) is 0 Å². The van der Waals surface area contributed by atoms with Gasteiger partial charge in [-0.2, -0.15) is 5.10 Å². The van der Waals surface area contributed by atoms with Crippen LogP contribution in [0, 0.1) is 0 Å². The molecule has 0 aliphatic heterocycles. The minimum absolute atomic E-state index is 0.512. The van der Waals surface area contributed by atoms with Gasteiger partial charge in [-0.15, -0.1) is 10.2 Å². The molecule has 0 bridgehead atoms. The zero-order valence-corrected chi connectivity index (χ0v) is 7.99. The standard InChI is InChI=1S/C8H11N5O/c1-12-5-9-11-8(12)7(14)6-3-10-13(2)4-6/h3-5,7,14H,1-2H3. The quantitative estimate of drug-likeness (QED) is 0.706. The Balaban J connectivity index is 2.33. The van der Waals surface area contributed by atoms with Crippen molar-refractivity contribution in [3.05, 3.63) is 30.1 Å². The normalized spacial score (nSPS) is 13.1. The number of aromatic nitrogens is 5. The molecule has 0 fully saturated rings. The number of hydrogen-bond acceptors (Lipinski definition) is 4. The molecule has 1 unspecified atom stereocenters. The SMILES string of the molecule is Cn1cc(C(O)c2nncn2C)cn1. The van der Waals surface area contributed by atoms with Crippen LogP contribution in [0.1, 0.15) is 17.5 Å². The van der Waals surface area contributed by atoms with Crippen LogP contribution in [0.15, 0.2) is 18.7 Å². The summed E-state index contributed by atoms with van der Waals surface area (Å²) in [5.74, 6) is 0.512. The van der Waals surface area contributed by atoms with E-state index in [1.54, 1.807) is 42.1 Å². The van der Waals surface area contributed by atoms with Gasteiger partial charge in [0.25, 0.3) is 0 Å². The van der Waals surface area contributed by atoms with Crippen molar-refractivity contribution in [3.8, 4) is 0 Å². The molecule has 2 aromatic rings. The van der Waals surface area contributed by atoms with Crippen LogP contribution in [0.3, 0.4) is 0 Å². The summed E-state index contributed by atoms with van der Waals surface area (Å²) in [6.45, 7) is 0. The molecule has 2 aromatic heterocycles. The number of aliphatic hydroxyl groups excluding tert-OH is 1. The van der Waals surface area contributed by atoms with Crippen LogP contribution in [0.2, 0.25) is 0 Å². The Morgan fingerprint density at radius 1 is 1.43 bits per heavy atom. The van der Waals surface area contributed by atoms with Gasteiger partial charge in [0.05, 0.1) is 6.20 Å². The van der Waals surface area contributed by atoms with Gasteiger partial charge in [0.15, 0.2) is 5.82 Å². The molecule has 0 radical (unpaired) electrons. The van der Waals surface area contributed by atoms with E-state index in [-0.39, 0.29) is 0 Å². The van der Waals surface area contributed by atoms with Gasteiger partial charge < -0.3 is 9.67 Å². The van der Waals surface area contributed by atoms with Crippen molar-refractivity contribution < 1.29 is 5.11 Å². The molecule has 0 aliphatic carbocycles. The predicted molar refractivity (Wildman–Crippen MR) is 48.3 cm³/mol. The lowest BCUT2D eigenvalue weighted by Crippen LogP contribution is -2.06. The Hall–Kier alpha value is -1.69. The van der Waals surface area contributed by atoms with E-state index >= 15 is 0 Å². The molecule has 2 heterocycles. The average molecular weight is 193 g/mol. The van der Waals surface area contributed by atoms with Crippen LogP contribution in [-0.4, -0.2) is 29.7 Å². The smallest absolute Gasteiger partial charge is 0.166 e. The van der Waals surface area contributed by atoms with Crippen LogP contribution in [0.25, 0.3) is 0 Å². The number of hydrogen-bond donors (Lipinski definition) is 1. The third-order valence-corrected chi connectivity index (χ3v) is 2.03. The number of aliphatic hydroxyl groups is 1. The maximum absolute atomic E-state index is 9.90. The average Bonchev–Trinajstić information content (AvgIpc) is 2.73. The number of nitrogens with zero attached hydrogens (tertiary/aromatic N) is 5. The van der Waals surface area contributed by atoms with E-state index in [4.69, 9.17) is 0 Å². The van der Waals surface area contributed by atoms with E-state index in [0.29, 0.717) is 11.4 Å². The van der Waals surface area contributed by atoms with E-state index in [2.05, 4.69) is 15.3 Å². The molecule has 1 atom stereocenters. The fourth-order valence-electron chi connectivity index (χ4n) is 1.27. The molecule has 0 saturated carbocycles. The minimum atomic E-state index is -0.767. The summed E-state index contributed by atoms with van der Waals surface area (Å²) in [4.78, 5) is 0. The Kier molecular flexibility index (Phi) is 2.05. The highest BCUT2D eigenvalue weighted by Gasteiger charge is 2.16. The van der Waals surface area contributed by atoms with E-state index < -0.39 is 6.10 Å². The second kappa shape index (κ2) is 3.22. The molecule has 6 nitrogen and oxygen atoms in total. The molecule has 14 heavy (non-hydrogen) atoms. The molecular weight excluding hydrogens is 182 g/mol. The third-order valence-electron chi connectivity index (χ3n) is 2.03. The zero-order valence-electron chi connectivity index (χ0n) is 7.99. The van der Waals surface area contributed by atoms with Crippen molar-refractivity contribution in [2.24, 2.45) is 14.1 Å². The fraction of sp³-hybridized carbons (Fsp3) is 0.375. The van der Waals surface area contributed by atoms with Gasteiger partial charge in [-0.25, -0.2) is 0 Å². The van der Waals surface area contributed by atoms with Crippen molar-refractivity contribution in [1.29, 1.82) is 0 Å². The maximum Gasteiger partial charge on any atom is 0.166 e. The first kappa shape index (κ1) is 8.89. The lowest BCUT2D eigenvalue weighted by Gasteiger charge is -2.06. The molecule has 0 aromatic carbocycles. The van der Waals surface area contributed by atoms with Gasteiger partial charge in [-0.1, -0.05) is 0 Å². The Morgan fingerprint density at radius 3 is 2.71 bits per heavy atom. The first-order chi connectivity index (χ1) is 6.68. The monoisotopic (exact) mass is 193 g/mol. The van der Waals surface area contributed by atoms with Crippen molar-refractivity contribution in [2.75, 3.05) is 0 Å². The highest BCUT2D eigenvalue weighted by atomic mass is 16.3. The van der Waals surface area contributed by atoms with E-state index in [0.717, 1.165) is 0 Å². The number of rotatable bonds is 2. The van der Waals surface area contributed by atoms with Gasteiger partial charge in [0, 0.05) is 25.9 Å². The molecule has 6 heteroatoms. The van der Waals surface area contributed by atoms with Crippen LogP contribution in [-0.2, 0) is 14.1 Å². The molecule has 0 saturated heterocycles. The summed E-state index contributed by atoms with van der Waals surface area (Å²) in [5, 5.41) is 21.4. The molecule has 74 valence electrons. The summed E-state index contributed by atoms with van der Waals surface area (Å²) in [5.41, 5.74) is 0.712. The fourth-order valence-corrected chi connectivity index (χ4v) is 1.27. The summed E-state index contributed by atoms with van der Waals surface area (Å²) in [6.07, 6.45) is 4.14. The summed E-state index contributed by atoms with van der Waals surface area (Å²) >= 11 is 0. The summed E-state index contributed by atoms with van der Waals surface area (Å²) in [6, 6.07) is 0.